The normalized spacial score (nSPS) is 14.3. The molecule has 1 rings (SSSR count). The van der Waals surface area contributed by atoms with Gasteiger partial charge in [0.05, 0.1) is 24.7 Å². The summed E-state index contributed by atoms with van der Waals surface area (Å²) >= 11 is 0. The fraction of sp³-hybridized carbons (Fsp3) is 0.417. The van der Waals surface area contributed by atoms with Crippen LogP contribution in [0.25, 0.3) is 0 Å². The molecule has 1 aromatic rings. The Labute approximate surface area is 89.9 Å². The summed E-state index contributed by atoms with van der Waals surface area (Å²) in [5, 5.41) is 18.8. The lowest BCUT2D eigenvalue weighted by Gasteiger charge is -2.17. The Morgan fingerprint density at radius 1 is 1.47 bits per heavy atom. The maximum absolute atomic E-state index is 9.74. The molecule has 80 valence electrons. The third-order valence-electron chi connectivity index (χ3n) is 2.38. The fourth-order valence-corrected chi connectivity index (χ4v) is 1.57. The topological polar surface area (TPSA) is 53.2 Å². The van der Waals surface area contributed by atoms with Gasteiger partial charge in [-0.15, -0.1) is 0 Å². The molecule has 0 amide bonds. The highest BCUT2D eigenvalue weighted by atomic mass is 16.5. The first-order valence-electron chi connectivity index (χ1n) is 4.83. The number of ether oxygens (including phenoxy) is 1. The Balaban J connectivity index is 2.94. The number of hydrogen-bond acceptors (Lipinski definition) is 3. The predicted molar refractivity (Wildman–Crippen MR) is 57.4 cm³/mol. The van der Waals surface area contributed by atoms with E-state index < -0.39 is 12.0 Å². The Kier molecular flexibility index (Phi) is 4.29. The van der Waals surface area contributed by atoms with Crippen molar-refractivity contribution in [1.82, 2.24) is 0 Å². The number of methoxy groups -OCH3 is 1. The average molecular weight is 205 g/mol. The van der Waals surface area contributed by atoms with Crippen molar-refractivity contribution < 1.29 is 9.84 Å². The van der Waals surface area contributed by atoms with Gasteiger partial charge in [-0.05, 0) is 18.1 Å². The summed E-state index contributed by atoms with van der Waals surface area (Å²) in [5.74, 6) is -0.522. The molecule has 0 spiro atoms. The summed E-state index contributed by atoms with van der Waals surface area (Å²) in [6, 6.07) is 9.69. The van der Waals surface area contributed by atoms with Crippen molar-refractivity contribution in [3.05, 3.63) is 35.4 Å². The lowest BCUT2D eigenvalue weighted by atomic mass is 9.92. The minimum absolute atomic E-state index is 0.173. The highest BCUT2D eigenvalue weighted by Gasteiger charge is 2.21. The van der Waals surface area contributed by atoms with E-state index in [0.717, 1.165) is 11.1 Å². The number of aryl methyl sites for hydroxylation is 1. The van der Waals surface area contributed by atoms with Crippen LogP contribution in [0.1, 0.15) is 17.0 Å². The van der Waals surface area contributed by atoms with Gasteiger partial charge >= 0.3 is 0 Å². The molecule has 0 radical (unpaired) electrons. The van der Waals surface area contributed by atoms with Gasteiger partial charge in [-0.25, -0.2) is 0 Å². The summed E-state index contributed by atoms with van der Waals surface area (Å²) in [7, 11) is 1.51. The zero-order chi connectivity index (χ0) is 11.3. The van der Waals surface area contributed by atoms with Crippen molar-refractivity contribution in [1.29, 1.82) is 5.26 Å². The SMILES string of the molecule is COCC(O)C(C#N)c1ccccc1C. The van der Waals surface area contributed by atoms with Gasteiger partial charge in [0.2, 0.25) is 0 Å². The monoisotopic (exact) mass is 205 g/mol. The molecule has 3 nitrogen and oxygen atoms in total. The van der Waals surface area contributed by atoms with Gasteiger partial charge in [0.1, 0.15) is 0 Å². The molecule has 0 bridgehead atoms. The molecule has 0 heterocycles. The molecule has 1 N–H and O–H groups in total. The highest BCUT2D eigenvalue weighted by molar-refractivity contribution is 5.33. The van der Waals surface area contributed by atoms with Crippen LogP contribution in [0, 0.1) is 18.3 Å². The van der Waals surface area contributed by atoms with Crippen LogP contribution in [0.3, 0.4) is 0 Å². The van der Waals surface area contributed by atoms with Crippen molar-refractivity contribution in [2.45, 2.75) is 18.9 Å². The standard InChI is InChI=1S/C12H15NO2/c1-9-5-3-4-6-10(9)11(7-13)12(14)8-15-2/h3-6,11-12,14H,8H2,1-2H3. The molecule has 0 aromatic heterocycles. The first kappa shape index (κ1) is 11.7. The predicted octanol–water partition coefficient (Wildman–Crippen LogP) is 1.61. The minimum atomic E-state index is -0.777. The molecule has 2 atom stereocenters. The summed E-state index contributed by atoms with van der Waals surface area (Å²) in [6.07, 6.45) is -0.777. The molecule has 2 unspecified atom stereocenters. The van der Waals surface area contributed by atoms with E-state index in [1.165, 1.54) is 7.11 Å². The molecule has 1 aromatic carbocycles. The van der Waals surface area contributed by atoms with Gasteiger partial charge in [-0.1, -0.05) is 24.3 Å². The number of hydrogen-bond donors (Lipinski definition) is 1. The Morgan fingerprint density at radius 3 is 2.67 bits per heavy atom. The van der Waals surface area contributed by atoms with E-state index in [1.807, 2.05) is 31.2 Å². The molecular formula is C12H15NO2. The molecule has 0 saturated carbocycles. The van der Waals surface area contributed by atoms with Gasteiger partial charge in [-0.2, -0.15) is 5.26 Å². The van der Waals surface area contributed by atoms with Crippen molar-refractivity contribution in [2.24, 2.45) is 0 Å². The quantitative estimate of drug-likeness (QED) is 0.812. The second-order valence-electron chi connectivity index (χ2n) is 3.49. The van der Waals surface area contributed by atoms with E-state index in [1.54, 1.807) is 0 Å². The van der Waals surface area contributed by atoms with Crippen LogP contribution in [0.15, 0.2) is 24.3 Å². The molecule has 0 aliphatic heterocycles. The summed E-state index contributed by atoms with van der Waals surface area (Å²) in [4.78, 5) is 0. The Bertz CT molecular complexity index is 357. The summed E-state index contributed by atoms with van der Waals surface area (Å²) in [5.41, 5.74) is 1.88. The van der Waals surface area contributed by atoms with Crippen LogP contribution in [0.4, 0.5) is 0 Å². The third-order valence-corrected chi connectivity index (χ3v) is 2.38. The van der Waals surface area contributed by atoms with E-state index in [2.05, 4.69) is 6.07 Å². The average Bonchev–Trinajstić information content (AvgIpc) is 2.22. The lowest BCUT2D eigenvalue weighted by molar-refractivity contribution is 0.0570. The Hall–Kier alpha value is -1.37. The van der Waals surface area contributed by atoms with E-state index in [-0.39, 0.29) is 6.61 Å². The number of aliphatic hydroxyl groups excluding tert-OH is 1. The largest absolute Gasteiger partial charge is 0.389 e. The van der Waals surface area contributed by atoms with Crippen LogP contribution in [0.2, 0.25) is 0 Å². The molecule has 0 fully saturated rings. The molecule has 3 heteroatoms. The van der Waals surface area contributed by atoms with Crippen LogP contribution in [0.5, 0.6) is 0 Å². The van der Waals surface area contributed by atoms with Crippen molar-refractivity contribution in [2.75, 3.05) is 13.7 Å². The van der Waals surface area contributed by atoms with E-state index in [0.29, 0.717) is 0 Å². The third kappa shape index (κ3) is 2.79. The molecule has 0 saturated heterocycles. The minimum Gasteiger partial charge on any atom is -0.389 e. The van der Waals surface area contributed by atoms with Crippen LogP contribution >= 0.6 is 0 Å². The molecule has 0 aliphatic rings. The number of nitrogens with zero attached hydrogens (tertiary/aromatic N) is 1. The van der Waals surface area contributed by atoms with E-state index >= 15 is 0 Å². The van der Waals surface area contributed by atoms with Crippen molar-refractivity contribution in [3.8, 4) is 6.07 Å². The summed E-state index contributed by atoms with van der Waals surface area (Å²) < 4.78 is 4.85. The van der Waals surface area contributed by atoms with Crippen LogP contribution in [-0.2, 0) is 4.74 Å². The Morgan fingerprint density at radius 2 is 2.13 bits per heavy atom. The van der Waals surface area contributed by atoms with Gasteiger partial charge in [-0.3, -0.25) is 0 Å². The maximum Gasteiger partial charge on any atom is 0.0997 e. The van der Waals surface area contributed by atoms with Crippen molar-refractivity contribution >= 4 is 0 Å². The highest BCUT2D eigenvalue weighted by Crippen LogP contribution is 2.22. The van der Waals surface area contributed by atoms with Crippen LogP contribution < -0.4 is 0 Å². The number of rotatable bonds is 4. The van der Waals surface area contributed by atoms with Gasteiger partial charge < -0.3 is 9.84 Å². The maximum atomic E-state index is 9.74. The molecular weight excluding hydrogens is 190 g/mol. The second-order valence-corrected chi connectivity index (χ2v) is 3.49. The smallest absolute Gasteiger partial charge is 0.0997 e. The number of nitriles is 1. The lowest BCUT2D eigenvalue weighted by Crippen LogP contribution is -2.23. The fourth-order valence-electron chi connectivity index (χ4n) is 1.57. The van der Waals surface area contributed by atoms with E-state index in [4.69, 9.17) is 10.00 Å². The van der Waals surface area contributed by atoms with Gasteiger partial charge in [0.15, 0.2) is 0 Å². The molecule has 15 heavy (non-hydrogen) atoms. The summed E-state index contributed by atoms with van der Waals surface area (Å²) in [6.45, 7) is 2.10. The van der Waals surface area contributed by atoms with Crippen LogP contribution in [-0.4, -0.2) is 24.9 Å². The zero-order valence-electron chi connectivity index (χ0n) is 8.97. The first-order valence-corrected chi connectivity index (χ1v) is 4.83. The van der Waals surface area contributed by atoms with E-state index in [9.17, 15) is 5.11 Å². The number of aliphatic hydroxyl groups is 1. The zero-order valence-corrected chi connectivity index (χ0v) is 8.97. The van der Waals surface area contributed by atoms with Gasteiger partial charge in [0, 0.05) is 7.11 Å². The first-order chi connectivity index (χ1) is 7.20. The second kappa shape index (κ2) is 5.50. The number of benzene rings is 1. The molecule has 0 aliphatic carbocycles. The van der Waals surface area contributed by atoms with Crippen molar-refractivity contribution in [3.63, 3.8) is 0 Å². The van der Waals surface area contributed by atoms with Gasteiger partial charge in [0.25, 0.3) is 0 Å².